The molecule has 0 heterocycles. The molecule has 1 saturated carbocycles. The highest BCUT2D eigenvalue weighted by atomic mass is 19.1. The van der Waals surface area contributed by atoms with Crippen LogP contribution in [0.1, 0.15) is 36.9 Å². The third kappa shape index (κ3) is 4.02. The summed E-state index contributed by atoms with van der Waals surface area (Å²) in [5, 5.41) is 0. The molecular formula is C17H27FN2O. The number of hydrogen-bond acceptors (Lipinski definition) is 3. The van der Waals surface area contributed by atoms with Gasteiger partial charge in [-0.3, -0.25) is 4.90 Å². The van der Waals surface area contributed by atoms with E-state index in [4.69, 9.17) is 10.5 Å². The van der Waals surface area contributed by atoms with Gasteiger partial charge in [-0.15, -0.1) is 0 Å². The molecule has 1 aliphatic rings. The molecule has 1 aliphatic carbocycles. The Labute approximate surface area is 127 Å². The van der Waals surface area contributed by atoms with Crippen molar-refractivity contribution >= 4 is 0 Å². The zero-order valence-electron chi connectivity index (χ0n) is 13.3. The van der Waals surface area contributed by atoms with Crippen LogP contribution in [0.2, 0.25) is 0 Å². The zero-order chi connectivity index (χ0) is 15.4. The summed E-state index contributed by atoms with van der Waals surface area (Å²) in [7, 11) is 1.70. The predicted molar refractivity (Wildman–Crippen MR) is 83.7 cm³/mol. The molecule has 0 radical (unpaired) electrons. The van der Waals surface area contributed by atoms with Gasteiger partial charge in [-0.25, -0.2) is 4.39 Å². The Hall–Kier alpha value is -0.970. The lowest BCUT2D eigenvalue weighted by molar-refractivity contribution is 0.0821. The van der Waals surface area contributed by atoms with Crippen molar-refractivity contribution in [3.05, 3.63) is 35.1 Å². The Morgan fingerprint density at radius 3 is 2.71 bits per heavy atom. The van der Waals surface area contributed by atoms with Crippen LogP contribution in [0, 0.1) is 18.7 Å². The first kappa shape index (κ1) is 16.4. The fourth-order valence-electron chi connectivity index (χ4n) is 3.05. The fourth-order valence-corrected chi connectivity index (χ4v) is 3.05. The molecule has 0 amide bonds. The molecule has 0 saturated heterocycles. The minimum absolute atomic E-state index is 0.0874. The molecule has 0 spiro atoms. The molecule has 2 rings (SSSR count). The van der Waals surface area contributed by atoms with Gasteiger partial charge in [-0.2, -0.15) is 0 Å². The summed E-state index contributed by atoms with van der Waals surface area (Å²) in [6, 6.07) is 5.59. The Kier molecular flexibility index (Phi) is 5.73. The van der Waals surface area contributed by atoms with E-state index in [0.717, 1.165) is 12.1 Å². The average molecular weight is 294 g/mol. The summed E-state index contributed by atoms with van der Waals surface area (Å²) in [6.07, 6.45) is 2.52. The number of halogens is 1. The molecular weight excluding hydrogens is 267 g/mol. The molecule has 0 bridgehead atoms. The average Bonchev–Trinajstić information content (AvgIpc) is 3.30. The Balaban J connectivity index is 2.26. The fraction of sp³-hybridized carbons (Fsp3) is 0.647. The second-order valence-electron chi connectivity index (χ2n) is 6.09. The molecule has 0 aromatic heterocycles. The third-order valence-corrected chi connectivity index (χ3v) is 4.52. The summed E-state index contributed by atoms with van der Waals surface area (Å²) in [5.74, 6) is 0.547. The standard InChI is InChI=1S/C17H27FN2O/c1-12-4-7-16(18)15(10-12)17(11-19)20(8-9-21-3)13(2)14-5-6-14/h4,7,10,13-14,17H,5-6,8-9,11,19H2,1-3H3. The lowest BCUT2D eigenvalue weighted by atomic mass is 9.99. The van der Waals surface area contributed by atoms with Crippen LogP contribution in [0.3, 0.4) is 0 Å². The molecule has 0 aliphatic heterocycles. The topological polar surface area (TPSA) is 38.5 Å². The number of rotatable bonds is 8. The van der Waals surface area contributed by atoms with Crippen molar-refractivity contribution in [2.45, 2.75) is 38.8 Å². The quantitative estimate of drug-likeness (QED) is 0.801. The molecule has 21 heavy (non-hydrogen) atoms. The Morgan fingerprint density at radius 1 is 1.43 bits per heavy atom. The smallest absolute Gasteiger partial charge is 0.128 e. The van der Waals surface area contributed by atoms with E-state index in [1.165, 1.54) is 12.8 Å². The van der Waals surface area contributed by atoms with Crippen LogP contribution in [0.4, 0.5) is 4.39 Å². The van der Waals surface area contributed by atoms with Crippen molar-refractivity contribution in [1.29, 1.82) is 0 Å². The number of hydrogen-bond donors (Lipinski definition) is 1. The van der Waals surface area contributed by atoms with Gasteiger partial charge >= 0.3 is 0 Å². The van der Waals surface area contributed by atoms with E-state index in [-0.39, 0.29) is 11.9 Å². The van der Waals surface area contributed by atoms with Gasteiger partial charge in [-0.1, -0.05) is 17.7 Å². The van der Waals surface area contributed by atoms with E-state index in [1.54, 1.807) is 19.2 Å². The highest BCUT2D eigenvalue weighted by Gasteiger charge is 2.35. The van der Waals surface area contributed by atoms with Crippen molar-refractivity contribution in [3.63, 3.8) is 0 Å². The van der Waals surface area contributed by atoms with Gasteiger partial charge in [-0.05, 0) is 38.7 Å². The molecule has 1 aromatic rings. The summed E-state index contributed by atoms with van der Waals surface area (Å²) in [5.41, 5.74) is 7.78. The monoisotopic (exact) mass is 294 g/mol. The van der Waals surface area contributed by atoms with Crippen LogP contribution >= 0.6 is 0 Å². The third-order valence-electron chi connectivity index (χ3n) is 4.52. The van der Waals surface area contributed by atoms with Crippen LogP contribution < -0.4 is 5.73 Å². The SMILES string of the molecule is COCCN(C(CN)c1cc(C)ccc1F)C(C)C1CC1. The lowest BCUT2D eigenvalue weighted by Crippen LogP contribution is -2.43. The molecule has 2 unspecified atom stereocenters. The van der Waals surface area contributed by atoms with Gasteiger partial charge in [0.05, 0.1) is 12.6 Å². The molecule has 1 fully saturated rings. The number of methoxy groups -OCH3 is 1. The van der Waals surface area contributed by atoms with E-state index >= 15 is 0 Å². The molecule has 1 aromatic carbocycles. The second-order valence-corrected chi connectivity index (χ2v) is 6.09. The van der Waals surface area contributed by atoms with E-state index < -0.39 is 0 Å². The number of nitrogens with two attached hydrogens (primary N) is 1. The van der Waals surface area contributed by atoms with Gasteiger partial charge in [0, 0.05) is 31.8 Å². The van der Waals surface area contributed by atoms with Crippen molar-refractivity contribution in [2.75, 3.05) is 26.8 Å². The minimum atomic E-state index is -0.165. The van der Waals surface area contributed by atoms with Crippen molar-refractivity contribution in [3.8, 4) is 0 Å². The minimum Gasteiger partial charge on any atom is -0.383 e. The highest BCUT2D eigenvalue weighted by Crippen LogP contribution is 2.38. The van der Waals surface area contributed by atoms with Crippen LogP contribution in [0.15, 0.2) is 18.2 Å². The van der Waals surface area contributed by atoms with E-state index in [0.29, 0.717) is 30.7 Å². The molecule has 2 N–H and O–H groups in total. The second kappa shape index (κ2) is 7.34. The summed E-state index contributed by atoms with van der Waals surface area (Å²) >= 11 is 0. The maximum Gasteiger partial charge on any atom is 0.128 e. The van der Waals surface area contributed by atoms with E-state index in [1.807, 2.05) is 13.0 Å². The van der Waals surface area contributed by atoms with E-state index in [9.17, 15) is 4.39 Å². The Morgan fingerprint density at radius 2 is 2.14 bits per heavy atom. The molecule has 4 heteroatoms. The first-order chi connectivity index (χ1) is 10.1. The Bertz CT molecular complexity index is 462. The zero-order valence-corrected chi connectivity index (χ0v) is 13.3. The first-order valence-electron chi connectivity index (χ1n) is 7.79. The van der Waals surface area contributed by atoms with Gasteiger partial charge in [0.15, 0.2) is 0 Å². The van der Waals surface area contributed by atoms with Crippen LogP contribution in [-0.4, -0.2) is 37.7 Å². The number of nitrogens with zero attached hydrogens (tertiary/aromatic N) is 1. The largest absolute Gasteiger partial charge is 0.383 e. The predicted octanol–water partition coefficient (Wildman–Crippen LogP) is 2.88. The van der Waals surface area contributed by atoms with Crippen LogP contribution in [0.25, 0.3) is 0 Å². The number of benzene rings is 1. The van der Waals surface area contributed by atoms with Gasteiger partial charge in [0.2, 0.25) is 0 Å². The van der Waals surface area contributed by atoms with Gasteiger partial charge < -0.3 is 10.5 Å². The van der Waals surface area contributed by atoms with Gasteiger partial charge in [0.1, 0.15) is 5.82 Å². The summed E-state index contributed by atoms with van der Waals surface area (Å²) in [4.78, 5) is 2.32. The van der Waals surface area contributed by atoms with Crippen molar-refractivity contribution in [1.82, 2.24) is 4.90 Å². The van der Waals surface area contributed by atoms with Crippen molar-refractivity contribution < 1.29 is 9.13 Å². The molecule has 3 nitrogen and oxygen atoms in total. The normalized spacial score (nSPS) is 18.0. The van der Waals surface area contributed by atoms with E-state index in [2.05, 4.69) is 11.8 Å². The van der Waals surface area contributed by atoms with Crippen molar-refractivity contribution in [2.24, 2.45) is 11.7 Å². The maximum atomic E-state index is 14.3. The van der Waals surface area contributed by atoms with Gasteiger partial charge in [0.25, 0.3) is 0 Å². The lowest BCUT2D eigenvalue weighted by Gasteiger charge is -2.36. The first-order valence-corrected chi connectivity index (χ1v) is 7.79. The molecule has 118 valence electrons. The highest BCUT2D eigenvalue weighted by molar-refractivity contribution is 5.27. The van der Waals surface area contributed by atoms with Crippen LogP contribution in [-0.2, 0) is 4.74 Å². The summed E-state index contributed by atoms with van der Waals surface area (Å²) in [6.45, 7) is 6.05. The summed E-state index contributed by atoms with van der Waals surface area (Å²) < 4.78 is 19.5. The number of aryl methyl sites for hydroxylation is 1. The van der Waals surface area contributed by atoms with Crippen LogP contribution in [0.5, 0.6) is 0 Å². The number of ether oxygens (including phenoxy) is 1. The molecule has 2 atom stereocenters. The maximum absolute atomic E-state index is 14.3.